The van der Waals surface area contributed by atoms with Gasteiger partial charge in [0, 0.05) is 20.8 Å². The van der Waals surface area contributed by atoms with Crippen molar-refractivity contribution in [2.24, 2.45) is 0 Å². The Labute approximate surface area is 291 Å². The first kappa shape index (κ1) is 28.8. The molecule has 0 N–H and O–H groups in total. The lowest BCUT2D eigenvalue weighted by Gasteiger charge is -2.18. The fraction of sp³-hybridized carbons (Fsp3) is 0. The maximum Gasteiger partial charge on any atom is 0.129 e. The fourth-order valence-electron chi connectivity index (χ4n) is 6.92. The Kier molecular flexibility index (Phi) is 7.04. The van der Waals surface area contributed by atoms with E-state index in [1.807, 2.05) is 24.3 Å². The van der Waals surface area contributed by atoms with Crippen molar-refractivity contribution in [1.29, 1.82) is 0 Å². The summed E-state index contributed by atoms with van der Waals surface area (Å²) in [6.07, 6.45) is 0. The zero-order chi connectivity index (χ0) is 32.2. The summed E-state index contributed by atoms with van der Waals surface area (Å²) in [5.74, 6) is 0. The van der Waals surface area contributed by atoms with Crippen LogP contribution < -0.4 is 0 Å². The van der Waals surface area contributed by atoms with E-state index in [1.165, 1.54) is 43.8 Å². The van der Waals surface area contributed by atoms with Gasteiger partial charge in [0.05, 0.1) is 16.7 Å². The van der Waals surface area contributed by atoms with Gasteiger partial charge in [0.1, 0.15) is 5.15 Å². The SMILES string of the molecule is Clc1ccc2cc(-c3ccc(-c4c5ccccc5c(-c5ccc(-c6ccc7cc(Br)ccc7n6)cc5)c5ccccc45)cc3)ccc2n1. The molecule has 226 valence electrons. The lowest BCUT2D eigenvalue weighted by atomic mass is 9.85. The minimum Gasteiger partial charge on any atom is -0.248 e. The van der Waals surface area contributed by atoms with E-state index in [4.69, 9.17) is 16.6 Å². The number of hydrogen-bond acceptors (Lipinski definition) is 2. The molecule has 2 heterocycles. The zero-order valence-electron chi connectivity index (χ0n) is 25.7. The summed E-state index contributed by atoms with van der Waals surface area (Å²) < 4.78 is 1.06. The highest BCUT2D eigenvalue weighted by molar-refractivity contribution is 9.10. The summed E-state index contributed by atoms with van der Waals surface area (Å²) in [5.41, 5.74) is 11.1. The topological polar surface area (TPSA) is 25.8 Å². The van der Waals surface area contributed by atoms with Crippen LogP contribution in [0.3, 0.4) is 0 Å². The Morgan fingerprint density at radius 1 is 0.396 bits per heavy atom. The quantitative estimate of drug-likeness (QED) is 0.135. The second kappa shape index (κ2) is 11.7. The number of hydrogen-bond donors (Lipinski definition) is 0. The second-order valence-electron chi connectivity index (χ2n) is 12.1. The highest BCUT2D eigenvalue weighted by Crippen LogP contribution is 2.44. The van der Waals surface area contributed by atoms with Gasteiger partial charge in [0.25, 0.3) is 0 Å². The van der Waals surface area contributed by atoms with Gasteiger partial charge in [-0.15, -0.1) is 0 Å². The minimum atomic E-state index is 0.508. The number of pyridine rings is 2. The van der Waals surface area contributed by atoms with Crippen LogP contribution >= 0.6 is 27.5 Å². The molecule has 0 aliphatic rings. The molecule has 0 saturated carbocycles. The Morgan fingerprint density at radius 2 is 0.875 bits per heavy atom. The maximum atomic E-state index is 6.11. The maximum absolute atomic E-state index is 6.11. The van der Waals surface area contributed by atoms with Crippen LogP contribution in [-0.4, -0.2) is 9.97 Å². The molecule has 2 aromatic heterocycles. The molecular weight excluding hydrogens is 672 g/mol. The monoisotopic (exact) mass is 696 g/mol. The second-order valence-corrected chi connectivity index (χ2v) is 13.4. The summed E-state index contributed by atoms with van der Waals surface area (Å²) in [6, 6.07) is 56.0. The Morgan fingerprint density at radius 3 is 1.50 bits per heavy atom. The molecule has 7 aromatic carbocycles. The summed E-state index contributed by atoms with van der Waals surface area (Å²) >= 11 is 9.68. The molecule has 2 nitrogen and oxygen atoms in total. The first-order valence-electron chi connectivity index (χ1n) is 15.9. The standard InChI is InChI=1S/C44H26BrClN2/c45-34-20-23-40-33(26-34)18-22-39(47-40)28-11-15-30(16-12-28)44-37-7-3-1-5-35(37)43(36-6-2-4-8-38(36)44)29-13-9-27(10-14-29)31-17-21-41-32(25-31)19-24-42(46)48-41/h1-26H. The molecule has 0 aliphatic carbocycles. The molecule has 48 heavy (non-hydrogen) atoms. The van der Waals surface area contributed by atoms with Gasteiger partial charge < -0.3 is 0 Å². The predicted octanol–water partition coefficient (Wildman–Crippen LogP) is 13.2. The van der Waals surface area contributed by atoms with E-state index in [0.29, 0.717) is 5.15 Å². The van der Waals surface area contributed by atoms with E-state index in [0.717, 1.165) is 48.7 Å². The molecular formula is C44H26BrClN2. The third-order valence-electron chi connectivity index (χ3n) is 9.21. The summed E-state index contributed by atoms with van der Waals surface area (Å²) in [7, 11) is 0. The van der Waals surface area contributed by atoms with E-state index in [9.17, 15) is 0 Å². The Bertz CT molecular complexity index is 2440. The number of fused-ring (bicyclic) bond motifs is 4. The van der Waals surface area contributed by atoms with Crippen LogP contribution in [0.15, 0.2) is 162 Å². The van der Waals surface area contributed by atoms with Gasteiger partial charge in [-0.05, 0) is 103 Å². The van der Waals surface area contributed by atoms with Gasteiger partial charge in [-0.1, -0.05) is 137 Å². The van der Waals surface area contributed by atoms with Gasteiger partial charge in [-0.2, -0.15) is 0 Å². The normalized spacial score (nSPS) is 11.5. The van der Waals surface area contributed by atoms with E-state index in [2.05, 4.69) is 154 Å². The first-order valence-corrected chi connectivity index (χ1v) is 17.0. The van der Waals surface area contributed by atoms with Gasteiger partial charge in [-0.25, -0.2) is 9.97 Å². The molecule has 0 amide bonds. The molecule has 0 aliphatic heterocycles. The lowest BCUT2D eigenvalue weighted by molar-refractivity contribution is 1.40. The van der Waals surface area contributed by atoms with Crippen LogP contribution in [0.4, 0.5) is 0 Å². The van der Waals surface area contributed by atoms with Crippen molar-refractivity contribution >= 4 is 70.9 Å². The van der Waals surface area contributed by atoms with Crippen molar-refractivity contribution in [3.63, 3.8) is 0 Å². The highest BCUT2D eigenvalue weighted by Gasteiger charge is 2.17. The van der Waals surface area contributed by atoms with Crippen molar-refractivity contribution in [1.82, 2.24) is 9.97 Å². The number of nitrogens with zero attached hydrogens (tertiary/aromatic N) is 2. The Hall–Kier alpha value is -5.35. The largest absolute Gasteiger partial charge is 0.248 e. The van der Waals surface area contributed by atoms with E-state index < -0.39 is 0 Å². The Balaban J connectivity index is 1.14. The average molecular weight is 698 g/mol. The number of halogens is 2. The van der Waals surface area contributed by atoms with Gasteiger partial charge >= 0.3 is 0 Å². The number of aromatic nitrogens is 2. The molecule has 0 atom stereocenters. The van der Waals surface area contributed by atoms with Gasteiger partial charge in [-0.3, -0.25) is 0 Å². The number of rotatable bonds is 4. The van der Waals surface area contributed by atoms with Gasteiger partial charge in [0.15, 0.2) is 0 Å². The first-order chi connectivity index (χ1) is 23.6. The van der Waals surface area contributed by atoms with E-state index >= 15 is 0 Å². The average Bonchev–Trinajstić information content (AvgIpc) is 3.13. The molecule has 0 unspecified atom stereocenters. The molecule has 0 fully saturated rings. The highest BCUT2D eigenvalue weighted by atomic mass is 79.9. The third kappa shape index (κ3) is 5.04. The van der Waals surface area contributed by atoms with Crippen molar-refractivity contribution < 1.29 is 0 Å². The van der Waals surface area contributed by atoms with Crippen molar-refractivity contribution in [3.8, 4) is 44.6 Å². The molecule has 9 rings (SSSR count). The molecule has 0 spiro atoms. The molecule has 0 saturated heterocycles. The van der Waals surface area contributed by atoms with Crippen LogP contribution in [0.25, 0.3) is 88.0 Å². The summed E-state index contributed by atoms with van der Waals surface area (Å²) in [5, 5.41) is 7.64. The lowest BCUT2D eigenvalue weighted by Crippen LogP contribution is -1.91. The molecule has 0 bridgehead atoms. The van der Waals surface area contributed by atoms with Crippen LogP contribution in [0.5, 0.6) is 0 Å². The van der Waals surface area contributed by atoms with Crippen LogP contribution in [0.2, 0.25) is 5.15 Å². The van der Waals surface area contributed by atoms with E-state index in [1.54, 1.807) is 0 Å². The van der Waals surface area contributed by atoms with E-state index in [-0.39, 0.29) is 0 Å². The zero-order valence-corrected chi connectivity index (χ0v) is 28.0. The van der Waals surface area contributed by atoms with Gasteiger partial charge in [0.2, 0.25) is 0 Å². The summed E-state index contributed by atoms with van der Waals surface area (Å²) in [4.78, 5) is 9.39. The van der Waals surface area contributed by atoms with Crippen molar-refractivity contribution in [2.45, 2.75) is 0 Å². The smallest absolute Gasteiger partial charge is 0.129 e. The molecule has 0 radical (unpaired) electrons. The van der Waals surface area contributed by atoms with Crippen molar-refractivity contribution in [3.05, 3.63) is 167 Å². The molecule has 9 aromatic rings. The third-order valence-corrected chi connectivity index (χ3v) is 9.92. The molecule has 4 heteroatoms. The summed E-state index contributed by atoms with van der Waals surface area (Å²) in [6.45, 7) is 0. The predicted molar refractivity (Wildman–Crippen MR) is 207 cm³/mol. The van der Waals surface area contributed by atoms with Crippen LogP contribution in [0.1, 0.15) is 0 Å². The fourth-order valence-corrected chi connectivity index (χ4v) is 7.46. The number of benzene rings is 7. The van der Waals surface area contributed by atoms with Crippen LogP contribution in [-0.2, 0) is 0 Å². The van der Waals surface area contributed by atoms with Crippen LogP contribution in [0, 0.1) is 0 Å². The minimum absolute atomic E-state index is 0.508. The van der Waals surface area contributed by atoms with Crippen molar-refractivity contribution in [2.75, 3.05) is 0 Å².